The van der Waals surface area contributed by atoms with Crippen molar-refractivity contribution in [1.82, 2.24) is 29.0 Å². The van der Waals surface area contributed by atoms with Crippen molar-refractivity contribution >= 4 is 60.2 Å². The van der Waals surface area contributed by atoms with Crippen molar-refractivity contribution in [1.29, 1.82) is 0 Å². The van der Waals surface area contributed by atoms with Gasteiger partial charge in [-0.25, -0.2) is 9.50 Å². The number of carbonyl (C=O) groups excluding carboxylic acids is 1. The Hall–Kier alpha value is -5.89. The Kier molecular flexibility index (Phi) is 11.2. The van der Waals surface area contributed by atoms with E-state index in [1.54, 1.807) is 27.6 Å². The molecule has 52 heavy (non-hydrogen) atoms. The molecule has 8 aromatic rings. The molecule has 266 valence electrons. The number of amides is 1. The lowest BCUT2D eigenvalue weighted by molar-refractivity contribution is 0.0941. The van der Waals surface area contributed by atoms with Crippen LogP contribution in [0.1, 0.15) is 62.5 Å². The van der Waals surface area contributed by atoms with E-state index in [0.717, 1.165) is 32.5 Å². The summed E-state index contributed by atoms with van der Waals surface area (Å²) in [6, 6.07) is 27.8. The van der Waals surface area contributed by atoms with Gasteiger partial charge >= 0.3 is 0 Å². The van der Waals surface area contributed by atoms with Gasteiger partial charge in [0, 0.05) is 41.2 Å². The molecule has 0 aliphatic rings. The number of nitrogen functional groups attached to an aromatic ring is 1. The predicted molar refractivity (Wildman–Crippen MR) is 214 cm³/mol. The Morgan fingerprint density at radius 3 is 1.83 bits per heavy atom. The molecule has 0 aliphatic carbocycles. The molecule has 6 aromatic heterocycles. The number of pyridine rings is 2. The largest absolute Gasteiger partial charge is 0.381 e. The van der Waals surface area contributed by atoms with Crippen LogP contribution in [0.5, 0.6) is 0 Å². The van der Waals surface area contributed by atoms with Gasteiger partial charge in [-0.2, -0.15) is 0 Å². The van der Waals surface area contributed by atoms with Gasteiger partial charge in [0.25, 0.3) is 17.0 Å². The lowest BCUT2D eigenvalue weighted by atomic mass is 10.1. The van der Waals surface area contributed by atoms with Crippen molar-refractivity contribution in [2.24, 2.45) is 5.73 Å². The van der Waals surface area contributed by atoms with E-state index in [4.69, 9.17) is 11.5 Å². The molecule has 0 unspecified atom stereocenters. The van der Waals surface area contributed by atoms with Crippen molar-refractivity contribution in [3.05, 3.63) is 152 Å². The van der Waals surface area contributed by atoms with E-state index in [9.17, 15) is 14.4 Å². The Balaban J connectivity index is 0.000000215. The Morgan fingerprint density at radius 2 is 1.29 bits per heavy atom. The minimum Gasteiger partial charge on any atom is -0.381 e. The zero-order chi connectivity index (χ0) is 34.9. The topological polar surface area (TPSA) is 155 Å². The number of carbonyl (C=O) groups is 1. The number of para-hydroxylation sites is 2. The average Bonchev–Trinajstić information content (AvgIpc) is 3.87. The summed E-state index contributed by atoms with van der Waals surface area (Å²) in [6.45, 7) is 3.73. The molecule has 13 heteroatoms. The molecule has 6 heterocycles. The Bertz CT molecular complexity index is 2600. The van der Waals surface area contributed by atoms with Crippen LogP contribution in [0.3, 0.4) is 0 Å². The van der Waals surface area contributed by atoms with Crippen LogP contribution in [0.2, 0.25) is 0 Å². The number of rotatable bonds is 6. The first-order valence-corrected chi connectivity index (χ1v) is 17.5. The van der Waals surface area contributed by atoms with E-state index in [0.29, 0.717) is 16.0 Å². The van der Waals surface area contributed by atoms with Crippen molar-refractivity contribution in [2.45, 2.75) is 40.8 Å². The summed E-state index contributed by atoms with van der Waals surface area (Å²) in [5.74, 6) is -0.312. The summed E-state index contributed by atoms with van der Waals surface area (Å²) >= 11 is 2.87. The van der Waals surface area contributed by atoms with Crippen LogP contribution in [0.4, 0.5) is 5.82 Å². The standard InChI is InChI=1S/C22H18N6O2S.C15H14N2OS.2CH4/c1-13(25-21(29)17-19(23)26-27-10-5-9-24-20(17)27)16-12-14-8-11-31-18(14)22(30)28(16)15-6-3-2-4-7-15;1-10(16)13-9-11-7-8-19-14(11)15(18)17(13)12-5-3-2-4-6-12;;/h2-13H,1H3,(H2,23,26)(H,25,29);2-10H,16H2,1H3;2*1H4/t13-;10-;;/m00../s1. The van der Waals surface area contributed by atoms with Crippen LogP contribution in [0.25, 0.3) is 37.2 Å². The number of anilines is 1. The van der Waals surface area contributed by atoms with E-state index in [-0.39, 0.29) is 43.4 Å². The monoisotopic (exact) mass is 732 g/mol. The Labute approximate surface area is 308 Å². The molecule has 2 atom stereocenters. The van der Waals surface area contributed by atoms with Crippen molar-refractivity contribution in [3.63, 3.8) is 0 Å². The predicted octanol–water partition coefficient (Wildman–Crippen LogP) is 7.51. The lowest BCUT2D eigenvalue weighted by Crippen LogP contribution is -2.32. The molecule has 0 saturated carbocycles. The first-order valence-electron chi connectivity index (χ1n) is 15.8. The third-order valence-corrected chi connectivity index (χ3v) is 10.1. The van der Waals surface area contributed by atoms with Gasteiger partial charge < -0.3 is 16.8 Å². The number of fused-ring (bicyclic) bond motifs is 3. The Morgan fingerprint density at radius 1 is 0.769 bits per heavy atom. The molecule has 8 rings (SSSR count). The first-order chi connectivity index (χ1) is 24.2. The van der Waals surface area contributed by atoms with E-state index in [2.05, 4.69) is 15.4 Å². The first kappa shape index (κ1) is 37.4. The number of hydrogen-bond acceptors (Lipinski definition) is 9. The molecular weight excluding hydrogens is 693 g/mol. The molecule has 0 aliphatic heterocycles. The number of hydrogen-bond donors (Lipinski definition) is 3. The number of aromatic nitrogens is 5. The van der Waals surface area contributed by atoms with Gasteiger partial charge in [0.05, 0.1) is 6.04 Å². The molecule has 1 amide bonds. The molecule has 0 bridgehead atoms. The van der Waals surface area contributed by atoms with Crippen LogP contribution in [-0.2, 0) is 0 Å². The second kappa shape index (κ2) is 15.6. The van der Waals surface area contributed by atoms with E-state index in [1.165, 1.54) is 27.2 Å². The van der Waals surface area contributed by atoms with Gasteiger partial charge in [-0.1, -0.05) is 51.3 Å². The number of nitrogens with two attached hydrogens (primary N) is 2. The van der Waals surface area contributed by atoms with E-state index >= 15 is 0 Å². The SMILES string of the molecule is C.C.C[C@H](N)c1cc2ccsc2c(=O)n1-c1ccccc1.C[C@H](NC(=O)c1c(N)nn2cccnc12)c1cc2ccsc2c(=O)n1-c1ccccc1. The fourth-order valence-electron chi connectivity index (χ4n) is 5.90. The third-order valence-electron chi connectivity index (χ3n) is 8.25. The maximum Gasteiger partial charge on any atom is 0.273 e. The van der Waals surface area contributed by atoms with Crippen LogP contribution in [-0.4, -0.2) is 29.6 Å². The summed E-state index contributed by atoms with van der Waals surface area (Å²) < 4.78 is 6.26. The van der Waals surface area contributed by atoms with Gasteiger partial charge in [0.15, 0.2) is 11.5 Å². The number of benzene rings is 2. The number of nitrogens with one attached hydrogen (secondary N) is 1. The fraction of sp³-hybridized carbons (Fsp3) is 0.154. The molecule has 0 radical (unpaired) electrons. The zero-order valence-electron chi connectivity index (χ0n) is 27.1. The highest BCUT2D eigenvalue weighted by Crippen LogP contribution is 2.26. The molecule has 0 saturated heterocycles. The summed E-state index contributed by atoms with van der Waals surface area (Å²) in [7, 11) is 0. The van der Waals surface area contributed by atoms with Gasteiger partial charge in [-0.3, -0.25) is 23.5 Å². The summed E-state index contributed by atoms with van der Waals surface area (Å²) in [6.07, 6.45) is 3.25. The minimum absolute atomic E-state index is 0. The molecular formula is C39H40N8O3S2. The normalized spacial score (nSPS) is 12.0. The lowest BCUT2D eigenvalue weighted by Gasteiger charge is -2.20. The van der Waals surface area contributed by atoms with Gasteiger partial charge in [-0.15, -0.1) is 27.8 Å². The zero-order valence-corrected chi connectivity index (χ0v) is 28.7. The van der Waals surface area contributed by atoms with Gasteiger partial charge in [-0.05, 0) is 90.0 Å². The van der Waals surface area contributed by atoms with Crippen LogP contribution in [0, 0.1) is 0 Å². The number of thiophene rings is 2. The maximum absolute atomic E-state index is 13.3. The maximum atomic E-state index is 13.3. The molecule has 2 aromatic carbocycles. The van der Waals surface area contributed by atoms with E-state index in [1.807, 2.05) is 110 Å². The quantitative estimate of drug-likeness (QED) is 0.160. The second-order valence-electron chi connectivity index (χ2n) is 11.6. The van der Waals surface area contributed by atoms with Gasteiger partial charge in [0.1, 0.15) is 15.0 Å². The van der Waals surface area contributed by atoms with Gasteiger partial charge in [0.2, 0.25) is 0 Å². The van der Waals surface area contributed by atoms with E-state index < -0.39 is 11.9 Å². The summed E-state index contributed by atoms with van der Waals surface area (Å²) in [4.78, 5) is 43.2. The minimum atomic E-state index is -0.484. The second-order valence-corrected chi connectivity index (χ2v) is 13.5. The summed E-state index contributed by atoms with van der Waals surface area (Å²) in [5.41, 5.74) is 15.6. The highest BCUT2D eigenvalue weighted by atomic mass is 32.1. The fourth-order valence-corrected chi connectivity index (χ4v) is 7.52. The van der Waals surface area contributed by atoms with Crippen molar-refractivity contribution in [3.8, 4) is 11.4 Å². The summed E-state index contributed by atoms with van der Waals surface area (Å²) in [5, 5.41) is 12.7. The van der Waals surface area contributed by atoms with Crippen molar-refractivity contribution < 1.29 is 4.79 Å². The average molecular weight is 733 g/mol. The smallest absolute Gasteiger partial charge is 0.273 e. The van der Waals surface area contributed by atoms with Crippen LogP contribution >= 0.6 is 22.7 Å². The van der Waals surface area contributed by atoms with Crippen LogP contribution < -0.4 is 27.9 Å². The molecule has 5 N–H and O–H groups in total. The highest BCUT2D eigenvalue weighted by Gasteiger charge is 2.23. The molecule has 11 nitrogen and oxygen atoms in total. The molecule has 0 fully saturated rings. The van der Waals surface area contributed by atoms with Crippen LogP contribution in [0.15, 0.2) is 124 Å². The highest BCUT2D eigenvalue weighted by molar-refractivity contribution is 7.17. The third kappa shape index (κ3) is 6.89. The van der Waals surface area contributed by atoms with Crippen molar-refractivity contribution in [2.75, 3.05) is 5.73 Å². The molecule has 0 spiro atoms. The number of nitrogens with zero attached hydrogens (tertiary/aromatic N) is 5.